The molecule has 0 saturated carbocycles. The summed E-state index contributed by atoms with van der Waals surface area (Å²) < 4.78 is 5.60. The highest BCUT2D eigenvalue weighted by molar-refractivity contribution is 5.41. The van der Waals surface area contributed by atoms with Crippen LogP contribution in [0, 0.1) is 0 Å². The molecule has 0 bridgehead atoms. The van der Waals surface area contributed by atoms with E-state index in [9.17, 15) is 0 Å². The van der Waals surface area contributed by atoms with Crippen molar-refractivity contribution in [3.63, 3.8) is 0 Å². The Bertz CT molecular complexity index is 350. The lowest BCUT2D eigenvalue weighted by atomic mass is 9.85. The van der Waals surface area contributed by atoms with E-state index in [4.69, 9.17) is 9.84 Å². The average molecular weight is 236 g/mol. The van der Waals surface area contributed by atoms with Gasteiger partial charge in [-0.15, -0.1) is 0 Å². The van der Waals surface area contributed by atoms with Crippen LogP contribution in [0.2, 0.25) is 0 Å². The molecule has 0 aromatic heterocycles. The van der Waals surface area contributed by atoms with E-state index < -0.39 is 0 Å². The number of aryl methyl sites for hydroxylation is 1. The molecule has 0 aliphatic carbocycles. The van der Waals surface area contributed by atoms with Crippen molar-refractivity contribution in [2.45, 2.75) is 46.0 Å². The monoisotopic (exact) mass is 236 g/mol. The fourth-order valence-corrected chi connectivity index (χ4v) is 1.89. The van der Waals surface area contributed by atoms with Crippen LogP contribution in [0.4, 0.5) is 0 Å². The Labute approximate surface area is 105 Å². The average Bonchev–Trinajstić information content (AvgIpc) is 2.26. The lowest BCUT2D eigenvalue weighted by Crippen LogP contribution is -2.15. The Morgan fingerprint density at radius 2 is 1.94 bits per heavy atom. The zero-order valence-electron chi connectivity index (χ0n) is 11.4. The molecule has 1 rings (SSSR count). The van der Waals surface area contributed by atoms with Gasteiger partial charge >= 0.3 is 0 Å². The first kappa shape index (κ1) is 14.0. The Kier molecular flexibility index (Phi) is 5.01. The zero-order valence-corrected chi connectivity index (χ0v) is 11.4. The third-order valence-electron chi connectivity index (χ3n) is 2.74. The summed E-state index contributed by atoms with van der Waals surface area (Å²) in [6, 6.07) is 6.38. The highest BCUT2D eigenvalue weighted by Gasteiger charge is 2.19. The molecular formula is C15H24O2. The predicted octanol–water partition coefficient (Wildman–Crippen LogP) is 3.31. The fraction of sp³-hybridized carbons (Fsp3) is 0.600. The molecule has 2 heteroatoms. The number of hydrogen-bond donors (Lipinski definition) is 1. The van der Waals surface area contributed by atoms with Crippen LogP contribution in [0.15, 0.2) is 18.2 Å². The normalized spacial score (nSPS) is 11.6. The Morgan fingerprint density at radius 1 is 1.24 bits per heavy atom. The van der Waals surface area contributed by atoms with Crippen LogP contribution < -0.4 is 4.74 Å². The summed E-state index contributed by atoms with van der Waals surface area (Å²) in [4.78, 5) is 0. The number of ether oxygens (including phenoxy) is 1. The second kappa shape index (κ2) is 6.06. The topological polar surface area (TPSA) is 29.5 Å². The van der Waals surface area contributed by atoms with Crippen LogP contribution in [0.25, 0.3) is 0 Å². The third-order valence-corrected chi connectivity index (χ3v) is 2.74. The molecule has 17 heavy (non-hydrogen) atoms. The van der Waals surface area contributed by atoms with Crippen LogP contribution in [0.1, 0.15) is 45.2 Å². The van der Waals surface area contributed by atoms with Crippen LogP contribution in [-0.4, -0.2) is 18.3 Å². The summed E-state index contributed by atoms with van der Waals surface area (Å²) in [5.74, 6) is 0.895. The van der Waals surface area contributed by atoms with Gasteiger partial charge in [-0.3, -0.25) is 0 Å². The first-order valence-corrected chi connectivity index (χ1v) is 6.36. The second-order valence-corrected chi connectivity index (χ2v) is 5.40. The highest BCUT2D eigenvalue weighted by atomic mass is 16.5. The van der Waals surface area contributed by atoms with Crippen molar-refractivity contribution in [1.29, 1.82) is 0 Å². The number of aliphatic hydroxyl groups excluding tert-OH is 1. The maximum atomic E-state index is 8.84. The fourth-order valence-electron chi connectivity index (χ4n) is 1.89. The lowest BCUT2D eigenvalue weighted by molar-refractivity contribution is 0.199. The molecule has 1 N–H and O–H groups in total. The molecule has 0 saturated heterocycles. The van der Waals surface area contributed by atoms with Crippen molar-refractivity contribution in [3.05, 3.63) is 29.3 Å². The molecular weight excluding hydrogens is 212 g/mol. The second-order valence-electron chi connectivity index (χ2n) is 5.40. The minimum absolute atomic E-state index is 0.0558. The minimum Gasteiger partial charge on any atom is -0.491 e. The summed E-state index contributed by atoms with van der Waals surface area (Å²) in [5, 5.41) is 8.84. The van der Waals surface area contributed by atoms with Gasteiger partial charge in [0.05, 0.1) is 6.61 Å². The van der Waals surface area contributed by atoms with Gasteiger partial charge in [-0.25, -0.2) is 0 Å². The lowest BCUT2D eigenvalue weighted by Gasteiger charge is -2.23. The van der Waals surface area contributed by atoms with Crippen molar-refractivity contribution >= 4 is 0 Å². The van der Waals surface area contributed by atoms with Crippen LogP contribution in [0.5, 0.6) is 5.75 Å². The Hall–Kier alpha value is -1.02. The molecule has 1 aromatic rings. The van der Waals surface area contributed by atoms with Crippen LogP contribution in [-0.2, 0) is 11.8 Å². The summed E-state index contributed by atoms with van der Waals surface area (Å²) in [6.45, 7) is 9.15. The predicted molar refractivity (Wildman–Crippen MR) is 71.7 cm³/mol. The van der Waals surface area contributed by atoms with E-state index in [1.807, 2.05) is 6.07 Å². The maximum Gasteiger partial charge on any atom is 0.123 e. The van der Waals surface area contributed by atoms with Gasteiger partial charge in [0.25, 0.3) is 0 Å². The van der Waals surface area contributed by atoms with E-state index in [1.165, 1.54) is 11.1 Å². The van der Waals surface area contributed by atoms with Gasteiger partial charge < -0.3 is 9.84 Å². The molecule has 0 aliphatic rings. The number of benzene rings is 1. The highest BCUT2D eigenvalue weighted by Crippen LogP contribution is 2.32. The molecule has 0 radical (unpaired) electrons. The summed E-state index contributed by atoms with van der Waals surface area (Å²) in [6.07, 6.45) is 2.25. The van der Waals surface area contributed by atoms with Gasteiger partial charge in [-0.2, -0.15) is 0 Å². The molecule has 2 nitrogen and oxygen atoms in total. The first-order valence-electron chi connectivity index (χ1n) is 6.36. The largest absolute Gasteiger partial charge is 0.491 e. The van der Waals surface area contributed by atoms with E-state index in [2.05, 4.69) is 39.8 Å². The smallest absolute Gasteiger partial charge is 0.123 e. The van der Waals surface area contributed by atoms with Gasteiger partial charge in [0.1, 0.15) is 12.4 Å². The Morgan fingerprint density at radius 3 is 2.47 bits per heavy atom. The summed E-state index contributed by atoms with van der Waals surface area (Å²) in [7, 11) is 0. The van der Waals surface area contributed by atoms with Gasteiger partial charge in [0.15, 0.2) is 0 Å². The minimum atomic E-state index is 0.0558. The SMILES string of the molecule is CCCc1ccc(OCCO)c(C(C)(C)C)c1. The number of hydrogen-bond acceptors (Lipinski definition) is 2. The molecule has 1 aromatic carbocycles. The van der Waals surface area contributed by atoms with Gasteiger partial charge in [-0.05, 0) is 29.0 Å². The standard InChI is InChI=1S/C15H24O2/c1-5-6-12-7-8-14(17-10-9-16)13(11-12)15(2,3)4/h7-8,11,16H,5-6,9-10H2,1-4H3. The van der Waals surface area contributed by atoms with E-state index in [0.717, 1.165) is 18.6 Å². The van der Waals surface area contributed by atoms with Crippen molar-refractivity contribution in [3.8, 4) is 5.75 Å². The van der Waals surface area contributed by atoms with E-state index >= 15 is 0 Å². The van der Waals surface area contributed by atoms with E-state index in [1.54, 1.807) is 0 Å². The zero-order chi connectivity index (χ0) is 12.9. The molecule has 96 valence electrons. The molecule has 0 spiro atoms. The Balaban J connectivity index is 3.03. The van der Waals surface area contributed by atoms with Crippen molar-refractivity contribution < 1.29 is 9.84 Å². The third kappa shape index (κ3) is 4.04. The van der Waals surface area contributed by atoms with Gasteiger partial charge in [0, 0.05) is 0 Å². The molecule has 0 fully saturated rings. The first-order chi connectivity index (χ1) is 7.99. The molecule has 0 aliphatic heterocycles. The van der Waals surface area contributed by atoms with Crippen molar-refractivity contribution in [2.24, 2.45) is 0 Å². The quantitative estimate of drug-likeness (QED) is 0.850. The molecule has 0 heterocycles. The summed E-state index contributed by atoms with van der Waals surface area (Å²) >= 11 is 0. The van der Waals surface area contributed by atoms with Gasteiger partial charge in [-0.1, -0.05) is 46.2 Å². The molecule has 0 amide bonds. The van der Waals surface area contributed by atoms with Crippen LogP contribution in [0.3, 0.4) is 0 Å². The van der Waals surface area contributed by atoms with Gasteiger partial charge in [0.2, 0.25) is 0 Å². The van der Waals surface area contributed by atoms with Crippen molar-refractivity contribution in [2.75, 3.05) is 13.2 Å². The molecule has 0 unspecified atom stereocenters. The number of rotatable bonds is 5. The van der Waals surface area contributed by atoms with Crippen LogP contribution >= 0.6 is 0 Å². The van der Waals surface area contributed by atoms with E-state index in [-0.39, 0.29) is 12.0 Å². The molecule has 0 atom stereocenters. The van der Waals surface area contributed by atoms with E-state index in [0.29, 0.717) is 6.61 Å². The number of aliphatic hydroxyl groups is 1. The van der Waals surface area contributed by atoms with Crippen molar-refractivity contribution in [1.82, 2.24) is 0 Å². The maximum absolute atomic E-state index is 8.84. The summed E-state index contributed by atoms with van der Waals surface area (Å²) in [5.41, 5.74) is 2.64.